The molecule has 2 N–H and O–H groups in total. The smallest absolute Gasteiger partial charge is 0.340 e. The molecule has 1 unspecified atom stereocenters. The summed E-state index contributed by atoms with van der Waals surface area (Å²) in [7, 11) is 0. The number of carbonyl (C=O) groups is 2. The lowest BCUT2D eigenvalue weighted by atomic mass is 10.1. The van der Waals surface area contributed by atoms with E-state index in [-0.39, 0.29) is 18.1 Å². The van der Waals surface area contributed by atoms with Crippen LogP contribution in [0.4, 0.5) is 0 Å². The number of aryl methyl sites for hydroxylation is 1. The highest BCUT2D eigenvalue weighted by molar-refractivity contribution is 6.00. The number of hydrogen-bond acceptors (Lipinski definition) is 5. The van der Waals surface area contributed by atoms with Gasteiger partial charge in [-0.1, -0.05) is 18.2 Å². The number of nitrogens with one attached hydrogen (secondary N) is 2. The molecule has 7 heteroatoms. The third kappa shape index (κ3) is 5.55. The van der Waals surface area contributed by atoms with Crippen LogP contribution < -0.4 is 10.1 Å². The molecule has 32 heavy (non-hydrogen) atoms. The highest BCUT2D eigenvalue weighted by Gasteiger charge is 2.24. The van der Waals surface area contributed by atoms with Gasteiger partial charge in [0.15, 0.2) is 0 Å². The molecule has 168 valence electrons. The standard InChI is InChI=1S/C25H29N3O4/c1-15(2)32-25(30)22-16(3)23(27-18(22)5)24(29)28-17(4)19-9-8-11-21(13-19)31-14-20-10-6-7-12-26-20/h6-13,15,17,27H,14H2,1-5H3,(H,28,29). The fraction of sp³-hybridized carbons (Fsp3) is 0.320. The Kier molecular flexibility index (Phi) is 7.30. The highest BCUT2D eigenvalue weighted by atomic mass is 16.5. The fourth-order valence-electron chi connectivity index (χ4n) is 3.42. The molecule has 3 aromatic rings. The van der Waals surface area contributed by atoms with E-state index >= 15 is 0 Å². The van der Waals surface area contributed by atoms with Crippen LogP contribution in [0.1, 0.15) is 70.2 Å². The van der Waals surface area contributed by atoms with Crippen LogP contribution in [-0.4, -0.2) is 27.9 Å². The van der Waals surface area contributed by atoms with Crippen molar-refractivity contribution in [1.82, 2.24) is 15.3 Å². The van der Waals surface area contributed by atoms with Crippen LogP contribution in [0.15, 0.2) is 48.7 Å². The lowest BCUT2D eigenvalue weighted by molar-refractivity contribution is 0.0376. The number of benzene rings is 1. The van der Waals surface area contributed by atoms with Crippen LogP contribution in [0.2, 0.25) is 0 Å². The molecular weight excluding hydrogens is 406 g/mol. The monoisotopic (exact) mass is 435 g/mol. The summed E-state index contributed by atoms with van der Waals surface area (Å²) >= 11 is 0. The Hall–Kier alpha value is -3.61. The van der Waals surface area contributed by atoms with E-state index in [1.54, 1.807) is 33.9 Å². The maximum atomic E-state index is 12.9. The predicted octanol–water partition coefficient (Wildman–Crippen LogP) is 4.66. The molecular formula is C25H29N3O4. The van der Waals surface area contributed by atoms with Crippen LogP contribution in [0.3, 0.4) is 0 Å². The summed E-state index contributed by atoms with van der Waals surface area (Å²) in [5, 5.41) is 2.98. The third-order valence-electron chi connectivity index (χ3n) is 5.03. The molecule has 1 atom stereocenters. The SMILES string of the molecule is Cc1[nH]c(C(=O)NC(C)c2cccc(OCc3ccccn3)c2)c(C)c1C(=O)OC(C)C. The van der Waals surface area contributed by atoms with Crippen molar-refractivity contribution < 1.29 is 19.1 Å². The summed E-state index contributed by atoms with van der Waals surface area (Å²) in [5.41, 5.74) is 3.68. The second kappa shape index (κ2) is 10.1. The number of ether oxygens (including phenoxy) is 2. The first-order chi connectivity index (χ1) is 15.3. The number of aromatic amines is 1. The molecule has 0 radical (unpaired) electrons. The van der Waals surface area contributed by atoms with Crippen LogP contribution in [0.25, 0.3) is 0 Å². The summed E-state index contributed by atoms with van der Waals surface area (Å²) in [6.07, 6.45) is 1.49. The third-order valence-corrected chi connectivity index (χ3v) is 5.03. The summed E-state index contributed by atoms with van der Waals surface area (Å²) in [4.78, 5) is 32.6. The molecule has 0 aliphatic rings. The number of aromatic nitrogens is 2. The molecule has 0 aliphatic heterocycles. The maximum Gasteiger partial charge on any atom is 0.340 e. The predicted molar refractivity (Wildman–Crippen MR) is 122 cm³/mol. The number of nitrogens with zero attached hydrogens (tertiary/aromatic N) is 1. The minimum atomic E-state index is -0.434. The van der Waals surface area contributed by atoms with Crippen molar-refractivity contribution in [2.45, 2.75) is 53.4 Å². The van der Waals surface area contributed by atoms with E-state index in [1.165, 1.54) is 0 Å². The molecule has 1 amide bonds. The van der Waals surface area contributed by atoms with Gasteiger partial charge in [0.1, 0.15) is 18.1 Å². The lowest BCUT2D eigenvalue weighted by Gasteiger charge is -2.16. The second-order valence-corrected chi connectivity index (χ2v) is 7.96. The van der Waals surface area contributed by atoms with Crippen molar-refractivity contribution in [2.24, 2.45) is 0 Å². The Bertz CT molecular complexity index is 1090. The number of H-pyrrole nitrogens is 1. The average molecular weight is 436 g/mol. The Balaban J connectivity index is 1.69. The van der Waals surface area contributed by atoms with Crippen LogP contribution in [-0.2, 0) is 11.3 Å². The van der Waals surface area contributed by atoms with Gasteiger partial charge in [0, 0.05) is 11.9 Å². The lowest BCUT2D eigenvalue weighted by Crippen LogP contribution is -2.27. The minimum Gasteiger partial charge on any atom is -0.487 e. The summed E-state index contributed by atoms with van der Waals surface area (Å²) in [6, 6.07) is 13.0. The van der Waals surface area contributed by atoms with E-state index in [0.717, 1.165) is 11.3 Å². The first-order valence-corrected chi connectivity index (χ1v) is 10.6. The zero-order valence-electron chi connectivity index (χ0n) is 19.1. The summed E-state index contributed by atoms with van der Waals surface area (Å²) < 4.78 is 11.1. The quantitative estimate of drug-likeness (QED) is 0.502. The number of esters is 1. The molecule has 3 rings (SSSR count). The van der Waals surface area contributed by atoms with Crippen molar-refractivity contribution in [1.29, 1.82) is 0 Å². The van der Waals surface area contributed by atoms with Crippen molar-refractivity contribution in [3.05, 3.63) is 82.4 Å². The van der Waals surface area contributed by atoms with Crippen LogP contribution >= 0.6 is 0 Å². The van der Waals surface area contributed by atoms with Gasteiger partial charge in [-0.2, -0.15) is 0 Å². The Morgan fingerprint density at radius 2 is 1.88 bits per heavy atom. The molecule has 0 saturated heterocycles. The van der Waals surface area contributed by atoms with Gasteiger partial charge in [-0.05, 0) is 70.0 Å². The van der Waals surface area contributed by atoms with Gasteiger partial charge in [-0.15, -0.1) is 0 Å². The van der Waals surface area contributed by atoms with Crippen molar-refractivity contribution in [3.8, 4) is 5.75 Å². The van der Waals surface area contributed by atoms with Gasteiger partial charge in [-0.25, -0.2) is 4.79 Å². The van der Waals surface area contributed by atoms with Crippen LogP contribution in [0.5, 0.6) is 5.75 Å². The number of pyridine rings is 1. The molecule has 0 bridgehead atoms. The van der Waals surface area contributed by atoms with Gasteiger partial charge < -0.3 is 19.8 Å². The Morgan fingerprint density at radius 1 is 1.09 bits per heavy atom. The summed E-state index contributed by atoms with van der Waals surface area (Å²) in [6.45, 7) is 9.34. The zero-order chi connectivity index (χ0) is 23.3. The van der Waals surface area contributed by atoms with Crippen molar-refractivity contribution in [3.63, 3.8) is 0 Å². The molecule has 2 heterocycles. The van der Waals surface area contributed by atoms with Crippen LogP contribution in [0, 0.1) is 13.8 Å². The topological polar surface area (TPSA) is 93.3 Å². The van der Waals surface area contributed by atoms with Gasteiger partial charge in [0.05, 0.1) is 23.4 Å². The molecule has 7 nitrogen and oxygen atoms in total. The Labute approximate surface area is 188 Å². The Morgan fingerprint density at radius 3 is 2.56 bits per heavy atom. The average Bonchev–Trinajstić information content (AvgIpc) is 3.06. The van der Waals surface area contributed by atoms with E-state index < -0.39 is 5.97 Å². The number of hydrogen-bond donors (Lipinski definition) is 2. The number of rotatable bonds is 8. The molecule has 0 fully saturated rings. The minimum absolute atomic E-state index is 0.235. The number of carbonyl (C=O) groups excluding carboxylic acids is 2. The molecule has 2 aromatic heterocycles. The van der Waals surface area contributed by atoms with Gasteiger partial charge in [-0.3, -0.25) is 9.78 Å². The first-order valence-electron chi connectivity index (χ1n) is 10.6. The molecule has 0 saturated carbocycles. The van der Waals surface area contributed by atoms with Gasteiger partial charge in [0.25, 0.3) is 5.91 Å². The maximum absolute atomic E-state index is 12.9. The molecule has 0 aliphatic carbocycles. The van der Waals surface area contributed by atoms with Crippen molar-refractivity contribution >= 4 is 11.9 Å². The largest absolute Gasteiger partial charge is 0.487 e. The molecule has 0 spiro atoms. The van der Waals surface area contributed by atoms with E-state index in [2.05, 4.69) is 15.3 Å². The van der Waals surface area contributed by atoms with E-state index in [4.69, 9.17) is 9.47 Å². The molecule has 1 aromatic carbocycles. The highest BCUT2D eigenvalue weighted by Crippen LogP contribution is 2.23. The van der Waals surface area contributed by atoms with E-state index in [1.807, 2.05) is 49.4 Å². The van der Waals surface area contributed by atoms with E-state index in [0.29, 0.717) is 34.9 Å². The fourth-order valence-corrected chi connectivity index (χ4v) is 3.42. The summed E-state index contributed by atoms with van der Waals surface area (Å²) in [5.74, 6) is -0.0301. The van der Waals surface area contributed by atoms with Crippen molar-refractivity contribution in [2.75, 3.05) is 0 Å². The van der Waals surface area contributed by atoms with E-state index in [9.17, 15) is 9.59 Å². The first kappa shape index (κ1) is 23.1. The second-order valence-electron chi connectivity index (χ2n) is 7.96. The number of amides is 1. The normalized spacial score (nSPS) is 11.8. The van der Waals surface area contributed by atoms with Gasteiger partial charge in [0.2, 0.25) is 0 Å². The van der Waals surface area contributed by atoms with Gasteiger partial charge >= 0.3 is 5.97 Å². The zero-order valence-corrected chi connectivity index (χ0v) is 19.1.